The monoisotopic (exact) mass is 218 g/mol. The summed E-state index contributed by atoms with van der Waals surface area (Å²) >= 11 is 0. The molecule has 0 aliphatic heterocycles. The zero-order valence-corrected chi connectivity index (χ0v) is 10.1. The van der Waals surface area contributed by atoms with Crippen molar-refractivity contribution in [3.63, 3.8) is 0 Å². The summed E-state index contributed by atoms with van der Waals surface area (Å²) in [6.45, 7) is 2.58. The van der Waals surface area contributed by atoms with Crippen LogP contribution in [-0.4, -0.2) is 31.6 Å². The fraction of sp³-hybridized carbons (Fsp3) is 0.462. The molecule has 0 radical (unpaired) electrons. The summed E-state index contributed by atoms with van der Waals surface area (Å²) in [6, 6.07) is 10.3. The van der Waals surface area contributed by atoms with Crippen LogP contribution in [0.4, 0.5) is 0 Å². The van der Waals surface area contributed by atoms with Crippen LogP contribution in [0.25, 0.3) is 0 Å². The van der Waals surface area contributed by atoms with Gasteiger partial charge in [0.05, 0.1) is 18.5 Å². The van der Waals surface area contributed by atoms with Crippen LogP contribution in [0, 0.1) is 18.3 Å². The van der Waals surface area contributed by atoms with Crippen LogP contribution in [0.5, 0.6) is 5.75 Å². The summed E-state index contributed by atoms with van der Waals surface area (Å²) in [5, 5.41) is 8.69. The Labute approximate surface area is 97.3 Å². The molecule has 0 bridgehead atoms. The van der Waals surface area contributed by atoms with Crippen LogP contribution in [0.1, 0.15) is 12.0 Å². The molecule has 1 aromatic carbocycles. The molecule has 0 aromatic heterocycles. The Kier molecular flexibility index (Phi) is 4.81. The first-order valence-electron chi connectivity index (χ1n) is 5.36. The first-order chi connectivity index (χ1) is 7.63. The van der Waals surface area contributed by atoms with Gasteiger partial charge in [-0.15, -0.1) is 0 Å². The van der Waals surface area contributed by atoms with Crippen molar-refractivity contribution in [2.75, 3.05) is 20.7 Å². The molecule has 0 amide bonds. The normalized spacial score (nSPS) is 12.2. The molecule has 0 saturated carbocycles. The molecule has 1 rings (SSSR count). The smallest absolute Gasteiger partial charge is 0.119 e. The fourth-order valence-electron chi connectivity index (χ4n) is 1.39. The second-order valence-corrected chi connectivity index (χ2v) is 4.11. The minimum atomic E-state index is 0.144. The highest BCUT2D eigenvalue weighted by atomic mass is 16.5. The average Bonchev–Trinajstić information content (AvgIpc) is 2.24. The standard InChI is InChI=1S/C13H18N2O/c1-11-5-4-6-13(9-11)16-10-12(7-8-14)15(2)3/h4-6,9,12H,7,10H2,1-3H3. The Morgan fingerprint density at radius 3 is 2.75 bits per heavy atom. The summed E-state index contributed by atoms with van der Waals surface area (Å²) in [5.74, 6) is 0.866. The molecule has 0 spiro atoms. The van der Waals surface area contributed by atoms with Crippen molar-refractivity contribution in [3.8, 4) is 11.8 Å². The number of nitriles is 1. The molecule has 0 N–H and O–H groups in total. The largest absolute Gasteiger partial charge is 0.492 e. The third kappa shape index (κ3) is 3.92. The second kappa shape index (κ2) is 6.14. The topological polar surface area (TPSA) is 36.3 Å². The van der Waals surface area contributed by atoms with Gasteiger partial charge < -0.3 is 9.64 Å². The lowest BCUT2D eigenvalue weighted by Gasteiger charge is -2.21. The molecule has 0 aliphatic carbocycles. The maximum absolute atomic E-state index is 8.69. The lowest BCUT2D eigenvalue weighted by Crippen LogP contribution is -2.33. The molecule has 3 heteroatoms. The molecule has 1 atom stereocenters. The average molecular weight is 218 g/mol. The van der Waals surface area contributed by atoms with E-state index >= 15 is 0 Å². The summed E-state index contributed by atoms with van der Waals surface area (Å²) in [7, 11) is 3.92. The first-order valence-corrected chi connectivity index (χ1v) is 5.36. The predicted octanol–water partition coefficient (Wildman–Crippen LogP) is 2.22. The number of nitrogens with zero attached hydrogens (tertiary/aromatic N) is 2. The van der Waals surface area contributed by atoms with E-state index in [1.807, 2.05) is 50.2 Å². The van der Waals surface area contributed by atoms with E-state index in [2.05, 4.69) is 6.07 Å². The van der Waals surface area contributed by atoms with Crippen LogP contribution in [-0.2, 0) is 0 Å². The quantitative estimate of drug-likeness (QED) is 0.760. The third-order valence-electron chi connectivity index (χ3n) is 2.49. The Morgan fingerprint density at radius 2 is 2.19 bits per heavy atom. The minimum absolute atomic E-state index is 0.144. The number of rotatable bonds is 5. The highest BCUT2D eigenvalue weighted by Crippen LogP contribution is 2.13. The van der Waals surface area contributed by atoms with E-state index in [0.29, 0.717) is 13.0 Å². The van der Waals surface area contributed by atoms with Crippen molar-refractivity contribution in [1.29, 1.82) is 5.26 Å². The van der Waals surface area contributed by atoms with Gasteiger partial charge in [0.25, 0.3) is 0 Å². The van der Waals surface area contributed by atoms with Gasteiger partial charge in [-0.3, -0.25) is 0 Å². The number of aryl methyl sites for hydroxylation is 1. The van der Waals surface area contributed by atoms with E-state index in [4.69, 9.17) is 10.00 Å². The van der Waals surface area contributed by atoms with E-state index in [9.17, 15) is 0 Å². The van der Waals surface area contributed by atoms with Gasteiger partial charge in [-0.05, 0) is 38.7 Å². The van der Waals surface area contributed by atoms with E-state index < -0.39 is 0 Å². The van der Waals surface area contributed by atoms with Crippen molar-refractivity contribution in [2.24, 2.45) is 0 Å². The molecule has 1 unspecified atom stereocenters. The molecule has 0 heterocycles. The van der Waals surface area contributed by atoms with Crippen molar-refractivity contribution >= 4 is 0 Å². The molecular weight excluding hydrogens is 200 g/mol. The highest BCUT2D eigenvalue weighted by Gasteiger charge is 2.11. The van der Waals surface area contributed by atoms with Crippen molar-refractivity contribution in [1.82, 2.24) is 4.90 Å². The van der Waals surface area contributed by atoms with Crippen molar-refractivity contribution in [3.05, 3.63) is 29.8 Å². The molecule has 0 fully saturated rings. The number of likely N-dealkylation sites (N-methyl/N-ethyl adjacent to an activating group) is 1. The highest BCUT2D eigenvalue weighted by molar-refractivity contribution is 5.27. The Hall–Kier alpha value is -1.53. The summed E-state index contributed by atoms with van der Waals surface area (Å²) in [4.78, 5) is 2.01. The summed E-state index contributed by atoms with van der Waals surface area (Å²) in [6.07, 6.45) is 0.485. The molecule has 16 heavy (non-hydrogen) atoms. The second-order valence-electron chi connectivity index (χ2n) is 4.11. The third-order valence-corrected chi connectivity index (χ3v) is 2.49. The minimum Gasteiger partial charge on any atom is -0.492 e. The van der Waals surface area contributed by atoms with Crippen molar-refractivity contribution in [2.45, 2.75) is 19.4 Å². The van der Waals surface area contributed by atoms with Crippen LogP contribution in [0.3, 0.4) is 0 Å². The van der Waals surface area contributed by atoms with Gasteiger partial charge in [-0.25, -0.2) is 0 Å². The number of hydrogen-bond donors (Lipinski definition) is 0. The first kappa shape index (κ1) is 12.5. The van der Waals surface area contributed by atoms with Gasteiger partial charge >= 0.3 is 0 Å². The Bertz CT molecular complexity index is 368. The van der Waals surface area contributed by atoms with E-state index in [0.717, 1.165) is 5.75 Å². The van der Waals surface area contributed by atoms with E-state index in [1.165, 1.54) is 5.56 Å². The van der Waals surface area contributed by atoms with Gasteiger partial charge in [-0.1, -0.05) is 12.1 Å². The van der Waals surface area contributed by atoms with Crippen LogP contribution in [0.2, 0.25) is 0 Å². The van der Waals surface area contributed by atoms with Gasteiger partial charge in [0, 0.05) is 0 Å². The molecule has 0 saturated heterocycles. The van der Waals surface area contributed by atoms with Gasteiger partial charge in [0.2, 0.25) is 0 Å². The molecular formula is C13H18N2O. The summed E-state index contributed by atoms with van der Waals surface area (Å²) < 4.78 is 5.67. The van der Waals surface area contributed by atoms with Crippen molar-refractivity contribution < 1.29 is 4.74 Å². The van der Waals surface area contributed by atoms with E-state index in [-0.39, 0.29) is 6.04 Å². The Morgan fingerprint density at radius 1 is 1.44 bits per heavy atom. The van der Waals surface area contributed by atoms with Gasteiger partial charge in [0.1, 0.15) is 12.4 Å². The number of hydrogen-bond acceptors (Lipinski definition) is 3. The van der Waals surface area contributed by atoms with Gasteiger partial charge in [0.15, 0.2) is 0 Å². The molecule has 86 valence electrons. The van der Waals surface area contributed by atoms with Crippen LogP contribution < -0.4 is 4.74 Å². The molecule has 1 aromatic rings. The maximum Gasteiger partial charge on any atom is 0.119 e. The number of ether oxygens (including phenoxy) is 1. The SMILES string of the molecule is Cc1cccc(OCC(CC#N)N(C)C)c1. The lowest BCUT2D eigenvalue weighted by atomic mass is 10.2. The summed E-state index contributed by atoms with van der Waals surface area (Å²) in [5.41, 5.74) is 1.18. The van der Waals surface area contributed by atoms with E-state index in [1.54, 1.807) is 0 Å². The Balaban J connectivity index is 2.52. The molecule has 3 nitrogen and oxygen atoms in total. The zero-order valence-electron chi connectivity index (χ0n) is 10.1. The van der Waals surface area contributed by atoms with Crippen LogP contribution >= 0.6 is 0 Å². The number of benzene rings is 1. The van der Waals surface area contributed by atoms with Gasteiger partial charge in [-0.2, -0.15) is 5.26 Å². The zero-order chi connectivity index (χ0) is 12.0. The van der Waals surface area contributed by atoms with Crippen LogP contribution in [0.15, 0.2) is 24.3 Å². The maximum atomic E-state index is 8.69. The predicted molar refractivity (Wildman–Crippen MR) is 64.4 cm³/mol. The fourth-order valence-corrected chi connectivity index (χ4v) is 1.39. The molecule has 0 aliphatic rings. The lowest BCUT2D eigenvalue weighted by molar-refractivity contribution is 0.188.